The molecule has 1 N–H and O–H groups in total. The van der Waals surface area contributed by atoms with Crippen LogP contribution in [0.25, 0.3) is 17.1 Å². The van der Waals surface area contributed by atoms with Crippen LogP contribution in [0.1, 0.15) is 16.2 Å². The third-order valence-corrected chi connectivity index (χ3v) is 5.70. The minimum Gasteiger partial charge on any atom is -0.382 e. The molecule has 4 rings (SSSR count). The number of benzene rings is 2. The van der Waals surface area contributed by atoms with E-state index in [4.69, 9.17) is 34.8 Å². The predicted octanol–water partition coefficient (Wildman–Crippen LogP) is 3.95. The molecule has 0 unspecified atom stereocenters. The maximum Gasteiger partial charge on any atom is 0.416 e. The van der Waals surface area contributed by atoms with Crippen LogP contribution in [-0.2, 0) is 13.1 Å². The number of halogens is 6. The summed E-state index contributed by atoms with van der Waals surface area (Å²) in [7, 11) is 0. The summed E-state index contributed by atoms with van der Waals surface area (Å²) in [6.45, 7) is -1.40. The lowest BCUT2D eigenvalue weighted by Crippen LogP contribution is -2.37. The highest BCUT2D eigenvalue weighted by Gasteiger charge is 2.39. The van der Waals surface area contributed by atoms with Gasteiger partial charge in [-0.3, -0.25) is 9.36 Å². The van der Waals surface area contributed by atoms with Gasteiger partial charge in [-0.05, 0) is 54.1 Å². The highest BCUT2D eigenvalue weighted by molar-refractivity contribution is 6.68. The van der Waals surface area contributed by atoms with Crippen LogP contribution in [0.3, 0.4) is 0 Å². The Morgan fingerprint density at radius 1 is 1.06 bits per heavy atom. The molecular formula is C21H14Cl3F3N6O3. The molecule has 2 aromatic carbocycles. The lowest BCUT2D eigenvalue weighted by atomic mass is 10.2. The van der Waals surface area contributed by atoms with Gasteiger partial charge in [-0.1, -0.05) is 23.2 Å². The van der Waals surface area contributed by atoms with Gasteiger partial charge in [0, 0.05) is 15.6 Å². The summed E-state index contributed by atoms with van der Waals surface area (Å²) in [6.07, 6.45) is -6.49. The standard InChI is InChI=1S/C21H14Cl3F3N6O3/c22-12-3-1-11(2-4-12)19-30-32(20(36)31(19)8-16(34)21(25,26)27)9-17-28-10-33(29-17)15-6-5-13(23)7-14(15)18(24)35/h1-7,10,16,34H,8-9H2/t16-/m0/s1. The first kappa shape index (κ1) is 25.9. The first-order chi connectivity index (χ1) is 16.9. The molecule has 2 aromatic heterocycles. The second-order valence-electron chi connectivity index (χ2n) is 7.48. The zero-order valence-corrected chi connectivity index (χ0v) is 20.1. The van der Waals surface area contributed by atoms with E-state index in [1.807, 2.05) is 0 Å². The Morgan fingerprint density at radius 2 is 1.72 bits per heavy atom. The van der Waals surface area contributed by atoms with Crippen LogP contribution in [0.4, 0.5) is 13.2 Å². The average molecular weight is 562 g/mol. The van der Waals surface area contributed by atoms with E-state index in [0.29, 0.717) is 15.2 Å². The van der Waals surface area contributed by atoms with Crippen molar-refractivity contribution >= 4 is 40.0 Å². The molecular weight excluding hydrogens is 548 g/mol. The Morgan fingerprint density at radius 3 is 2.36 bits per heavy atom. The maximum absolute atomic E-state index is 13.0. The van der Waals surface area contributed by atoms with Crippen molar-refractivity contribution in [3.63, 3.8) is 0 Å². The molecule has 0 saturated heterocycles. The average Bonchev–Trinajstić information content (AvgIpc) is 3.39. The zero-order valence-electron chi connectivity index (χ0n) is 17.8. The summed E-state index contributed by atoms with van der Waals surface area (Å²) in [4.78, 5) is 28.8. The molecule has 0 saturated carbocycles. The van der Waals surface area contributed by atoms with Gasteiger partial charge in [-0.15, -0.1) is 10.2 Å². The van der Waals surface area contributed by atoms with Crippen LogP contribution in [0.2, 0.25) is 10.0 Å². The van der Waals surface area contributed by atoms with Gasteiger partial charge < -0.3 is 5.11 Å². The van der Waals surface area contributed by atoms with Crippen molar-refractivity contribution in [3.8, 4) is 17.1 Å². The summed E-state index contributed by atoms with van der Waals surface area (Å²) < 4.78 is 41.8. The van der Waals surface area contributed by atoms with Crippen molar-refractivity contribution in [2.45, 2.75) is 25.4 Å². The minimum absolute atomic E-state index is 0.0590. The van der Waals surface area contributed by atoms with Crippen LogP contribution in [0.5, 0.6) is 0 Å². The highest BCUT2D eigenvalue weighted by atomic mass is 35.5. The Labute approximate surface area is 215 Å². The number of rotatable bonds is 7. The molecule has 0 aliphatic rings. The van der Waals surface area contributed by atoms with Gasteiger partial charge in [0.25, 0.3) is 5.24 Å². The Kier molecular flexibility index (Phi) is 7.23. The number of hydrogen-bond donors (Lipinski definition) is 1. The maximum atomic E-state index is 13.0. The number of carbonyl (C=O) groups excluding carboxylic acids is 1. The van der Waals surface area contributed by atoms with E-state index in [1.54, 1.807) is 0 Å². The van der Waals surface area contributed by atoms with E-state index >= 15 is 0 Å². The lowest BCUT2D eigenvalue weighted by molar-refractivity contribution is -0.207. The highest BCUT2D eigenvalue weighted by Crippen LogP contribution is 2.24. The fourth-order valence-electron chi connectivity index (χ4n) is 3.28. The molecule has 36 heavy (non-hydrogen) atoms. The van der Waals surface area contributed by atoms with E-state index in [1.165, 1.54) is 53.5 Å². The van der Waals surface area contributed by atoms with Gasteiger partial charge in [0.1, 0.15) is 12.9 Å². The van der Waals surface area contributed by atoms with Crippen molar-refractivity contribution in [2.24, 2.45) is 0 Å². The van der Waals surface area contributed by atoms with E-state index in [-0.39, 0.29) is 34.5 Å². The Hall–Kier alpha value is -3.19. The number of hydrogen-bond acceptors (Lipinski definition) is 6. The molecule has 9 nitrogen and oxygen atoms in total. The molecule has 2 heterocycles. The quantitative estimate of drug-likeness (QED) is 0.343. The summed E-state index contributed by atoms with van der Waals surface area (Å²) in [5.41, 5.74) is -0.295. The number of alkyl halides is 3. The number of carbonyl (C=O) groups is 1. The molecule has 4 aromatic rings. The van der Waals surface area contributed by atoms with E-state index in [9.17, 15) is 27.9 Å². The van der Waals surface area contributed by atoms with Gasteiger partial charge in [0.2, 0.25) is 0 Å². The number of nitrogens with zero attached hydrogens (tertiary/aromatic N) is 6. The summed E-state index contributed by atoms with van der Waals surface area (Å²) >= 11 is 17.4. The molecule has 0 fully saturated rings. The molecule has 0 aliphatic carbocycles. The second-order valence-corrected chi connectivity index (χ2v) is 8.70. The number of aliphatic hydroxyl groups is 1. The summed E-state index contributed by atoms with van der Waals surface area (Å²) in [5.74, 6) is -0.0594. The van der Waals surface area contributed by atoms with Crippen molar-refractivity contribution in [1.82, 2.24) is 29.1 Å². The van der Waals surface area contributed by atoms with Crippen LogP contribution in [0, 0.1) is 0 Å². The fraction of sp³-hybridized carbons (Fsp3) is 0.190. The second kappa shape index (κ2) is 10.1. The third kappa shape index (κ3) is 5.46. The molecule has 0 bridgehead atoms. The van der Waals surface area contributed by atoms with Crippen LogP contribution >= 0.6 is 34.8 Å². The molecule has 0 amide bonds. The molecule has 188 valence electrons. The third-order valence-electron chi connectivity index (χ3n) is 5.01. The van der Waals surface area contributed by atoms with Crippen molar-refractivity contribution < 1.29 is 23.1 Å². The van der Waals surface area contributed by atoms with Crippen LogP contribution in [-0.4, -0.2) is 51.7 Å². The molecule has 0 radical (unpaired) electrons. The lowest BCUT2D eigenvalue weighted by Gasteiger charge is -2.15. The van der Waals surface area contributed by atoms with Gasteiger partial charge in [-0.25, -0.2) is 19.1 Å². The van der Waals surface area contributed by atoms with Crippen molar-refractivity contribution in [3.05, 3.63) is 80.7 Å². The molecule has 0 spiro atoms. The monoisotopic (exact) mass is 560 g/mol. The van der Waals surface area contributed by atoms with E-state index < -0.39 is 29.8 Å². The first-order valence-electron chi connectivity index (χ1n) is 10.0. The minimum atomic E-state index is -4.95. The van der Waals surface area contributed by atoms with Crippen LogP contribution in [0.15, 0.2) is 53.6 Å². The molecule has 1 atom stereocenters. The first-order valence-corrected chi connectivity index (χ1v) is 11.2. The number of aromatic nitrogens is 6. The topological polar surface area (TPSA) is 108 Å². The van der Waals surface area contributed by atoms with Gasteiger partial charge in [-0.2, -0.15) is 13.2 Å². The van der Waals surface area contributed by atoms with Gasteiger partial charge >= 0.3 is 11.9 Å². The van der Waals surface area contributed by atoms with Crippen molar-refractivity contribution in [2.75, 3.05) is 0 Å². The van der Waals surface area contributed by atoms with Gasteiger partial charge in [0.05, 0.1) is 17.8 Å². The smallest absolute Gasteiger partial charge is 0.382 e. The largest absolute Gasteiger partial charge is 0.416 e. The normalized spacial score (nSPS) is 12.6. The Balaban J connectivity index is 1.71. The summed E-state index contributed by atoms with van der Waals surface area (Å²) in [5, 5.41) is 17.8. The zero-order chi connectivity index (χ0) is 26.2. The number of aliphatic hydroxyl groups excluding tert-OH is 1. The van der Waals surface area contributed by atoms with Crippen molar-refractivity contribution in [1.29, 1.82) is 0 Å². The SMILES string of the molecule is O=C(Cl)c1cc(Cl)ccc1-n1cnc(Cn2nc(-c3ccc(Cl)cc3)n(C[C@H](O)C(F)(F)F)c2=O)n1. The summed E-state index contributed by atoms with van der Waals surface area (Å²) in [6, 6.07) is 10.3. The predicted molar refractivity (Wildman–Crippen MR) is 125 cm³/mol. The Bertz CT molecular complexity index is 1480. The van der Waals surface area contributed by atoms with Gasteiger partial charge in [0.15, 0.2) is 17.8 Å². The van der Waals surface area contributed by atoms with E-state index in [2.05, 4.69) is 15.2 Å². The van der Waals surface area contributed by atoms with E-state index in [0.717, 1.165) is 4.68 Å². The van der Waals surface area contributed by atoms with Crippen LogP contribution < -0.4 is 5.69 Å². The molecule has 0 aliphatic heterocycles. The fourth-order valence-corrected chi connectivity index (χ4v) is 3.73. The molecule has 15 heteroatoms.